The lowest BCUT2D eigenvalue weighted by Gasteiger charge is -2.00. The van der Waals surface area contributed by atoms with Crippen molar-refractivity contribution in [2.75, 3.05) is 6.61 Å². The maximum absolute atomic E-state index is 12.0. The second-order valence-electron chi connectivity index (χ2n) is 3.27. The lowest BCUT2D eigenvalue weighted by atomic mass is 10.2. The van der Waals surface area contributed by atoms with Gasteiger partial charge in [0.1, 0.15) is 5.56 Å². The van der Waals surface area contributed by atoms with Gasteiger partial charge >= 0.3 is 5.97 Å². The molecular weight excluding hydrogens is 218 g/mol. The Kier molecular flexibility index (Phi) is 4.46. The van der Waals surface area contributed by atoms with E-state index in [1.165, 1.54) is 12.3 Å². The van der Waals surface area contributed by atoms with Crippen LogP contribution in [-0.2, 0) is 4.74 Å². The maximum atomic E-state index is 12.0. The van der Waals surface area contributed by atoms with Crippen LogP contribution >= 0.6 is 0 Å². The highest BCUT2D eigenvalue weighted by Gasteiger charge is 2.11. The first-order valence-electron chi connectivity index (χ1n) is 5.33. The van der Waals surface area contributed by atoms with Crippen molar-refractivity contribution in [2.24, 2.45) is 0 Å². The Morgan fingerprint density at radius 2 is 2.29 bits per heavy atom. The minimum Gasteiger partial charge on any atom is -0.462 e. The molecule has 0 saturated heterocycles. The van der Waals surface area contributed by atoms with E-state index in [0.717, 1.165) is 0 Å². The van der Waals surface area contributed by atoms with Crippen LogP contribution in [0.15, 0.2) is 23.6 Å². The standard InChI is InChI=1S/C13H15NO3/c1-4-7-9-11(5-2)14-8-10(12(9)15)13(16)17-6-3/h4-5,7-8,14H,1,6H2,2-3H3/b9-7+,11-5+. The van der Waals surface area contributed by atoms with Gasteiger partial charge in [-0.1, -0.05) is 18.7 Å². The van der Waals surface area contributed by atoms with Gasteiger partial charge in [0.05, 0.1) is 6.61 Å². The number of ether oxygens (including phenoxy) is 1. The van der Waals surface area contributed by atoms with Crippen LogP contribution in [0.1, 0.15) is 24.2 Å². The third kappa shape index (κ3) is 2.72. The van der Waals surface area contributed by atoms with Crippen LogP contribution in [0.5, 0.6) is 0 Å². The molecule has 1 aromatic rings. The third-order valence-electron chi connectivity index (χ3n) is 2.22. The Bertz CT molecular complexity index is 596. The summed E-state index contributed by atoms with van der Waals surface area (Å²) in [5.74, 6) is -0.616. The van der Waals surface area contributed by atoms with E-state index in [4.69, 9.17) is 4.74 Å². The summed E-state index contributed by atoms with van der Waals surface area (Å²) in [6.07, 6.45) is 6.20. The number of hydrogen-bond donors (Lipinski definition) is 1. The zero-order valence-electron chi connectivity index (χ0n) is 9.95. The molecule has 4 heteroatoms. The van der Waals surface area contributed by atoms with E-state index in [1.54, 1.807) is 26.0 Å². The van der Waals surface area contributed by atoms with Gasteiger partial charge in [0, 0.05) is 16.8 Å². The largest absolute Gasteiger partial charge is 0.462 e. The average molecular weight is 233 g/mol. The van der Waals surface area contributed by atoms with Crippen LogP contribution in [0.2, 0.25) is 0 Å². The second-order valence-corrected chi connectivity index (χ2v) is 3.27. The number of carbonyl (C=O) groups excluding carboxylic acids is 1. The number of aromatic nitrogens is 1. The normalized spacial score (nSPS) is 12.6. The highest BCUT2D eigenvalue weighted by molar-refractivity contribution is 5.88. The van der Waals surface area contributed by atoms with Gasteiger partial charge in [0.15, 0.2) is 0 Å². The van der Waals surface area contributed by atoms with Crippen molar-refractivity contribution >= 4 is 18.1 Å². The van der Waals surface area contributed by atoms with E-state index >= 15 is 0 Å². The molecule has 0 bridgehead atoms. The first-order valence-corrected chi connectivity index (χ1v) is 5.33. The predicted molar refractivity (Wildman–Crippen MR) is 67.1 cm³/mol. The molecule has 0 atom stereocenters. The first kappa shape index (κ1) is 13.0. The van der Waals surface area contributed by atoms with Crippen molar-refractivity contribution in [3.8, 4) is 0 Å². The molecule has 1 N–H and O–H groups in total. The summed E-state index contributed by atoms with van der Waals surface area (Å²) in [5, 5.41) is 1.07. The molecule has 0 aliphatic rings. The molecule has 1 heterocycles. The monoisotopic (exact) mass is 233 g/mol. The van der Waals surface area contributed by atoms with Crippen LogP contribution in [-0.4, -0.2) is 17.6 Å². The molecule has 0 aliphatic carbocycles. The second kappa shape index (κ2) is 5.84. The van der Waals surface area contributed by atoms with Crippen molar-refractivity contribution in [1.82, 2.24) is 4.98 Å². The first-order chi connectivity index (χ1) is 8.15. The lowest BCUT2D eigenvalue weighted by Crippen LogP contribution is -2.43. The van der Waals surface area contributed by atoms with Crippen molar-refractivity contribution in [3.63, 3.8) is 0 Å². The molecule has 0 unspecified atom stereocenters. The molecule has 0 fully saturated rings. The fourth-order valence-corrected chi connectivity index (χ4v) is 1.44. The molecule has 0 saturated carbocycles. The number of H-pyrrole nitrogens is 1. The lowest BCUT2D eigenvalue weighted by molar-refractivity contribution is 0.0524. The number of pyridine rings is 1. The molecule has 4 nitrogen and oxygen atoms in total. The molecule has 0 amide bonds. The van der Waals surface area contributed by atoms with Crippen LogP contribution in [0.25, 0.3) is 12.2 Å². The molecule has 1 aromatic heterocycles. The van der Waals surface area contributed by atoms with Gasteiger partial charge in [-0.3, -0.25) is 4.79 Å². The number of rotatable bonds is 3. The van der Waals surface area contributed by atoms with E-state index in [2.05, 4.69) is 11.6 Å². The Morgan fingerprint density at radius 3 is 2.82 bits per heavy atom. The fraction of sp³-hybridized carbons (Fsp3) is 0.231. The minimum atomic E-state index is -0.616. The Balaban J connectivity index is 3.56. The number of allylic oxidation sites excluding steroid dienone is 1. The zero-order chi connectivity index (χ0) is 12.8. The summed E-state index contributed by atoms with van der Waals surface area (Å²) in [4.78, 5) is 26.4. The molecule has 0 aliphatic heterocycles. The molecule has 1 rings (SSSR count). The highest BCUT2D eigenvalue weighted by Crippen LogP contribution is 1.89. The topological polar surface area (TPSA) is 59.2 Å². The number of esters is 1. The Hall–Kier alpha value is -2.10. The van der Waals surface area contributed by atoms with Gasteiger partial charge in [-0.15, -0.1) is 0 Å². The summed E-state index contributed by atoms with van der Waals surface area (Å²) in [5.41, 5.74) is -0.347. The van der Waals surface area contributed by atoms with Gasteiger partial charge in [0.25, 0.3) is 0 Å². The summed E-state index contributed by atoms with van der Waals surface area (Å²) in [6, 6.07) is 0. The van der Waals surface area contributed by atoms with Crippen molar-refractivity contribution in [1.29, 1.82) is 0 Å². The quantitative estimate of drug-likeness (QED) is 0.765. The summed E-state index contributed by atoms with van der Waals surface area (Å²) in [6.45, 7) is 7.27. The van der Waals surface area contributed by atoms with Gasteiger partial charge in [0.2, 0.25) is 5.43 Å². The molecular formula is C13H15NO3. The number of carbonyl (C=O) groups is 1. The van der Waals surface area contributed by atoms with E-state index in [0.29, 0.717) is 10.6 Å². The molecule has 0 aromatic carbocycles. The number of nitrogens with one attached hydrogen (secondary N) is 1. The molecule has 17 heavy (non-hydrogen) atoms. The molecule has 0 radical (unpaired) electrons. The molecule has 0 spiro atoms. The highest BCUT2D eigenvalue weighted by atomic mass is 16.5. The predicted octanol–water partition coefficient (Wildman–Crippen LogP) is 0.319. The molecule has 90 valence electrons. The van der Waals surface area contributed by atoms with Gasteiger partial charge < -0.3 is 9.72 Å². The smallest absolute Gasteiger partial charge is 0.343 e. The van der Waals surface area contributed by atoms with Crippen LogP contribution in [0.4, 0.5) is 0 Å². The summed E-state index contributed by atoms with van der Waals surface area (Å²) < 4.78 is 4.81. The van der Waals surface area contributed by atoms with E-state index < -0.39 is 5.97 Å². The minimum absolute atomic E-state index is 0.00514. The SMILES string of the molecule is C=C/C=c1/c(=O)c(C(=O)OCC)c[nH]/c1=C/C. The van der Waals surface area contributed by atoms with Gasteiger partial charge in [-0.25, -0.2) is 4.79 Å². The number of hydrogen-bond acceptors (Lipinski definition) is 3. The van der Waals surface area contributed by atoms with E-state index in [9.17, 15) is 9.59 Å². The maximum Gasteiger partial charge on any atom is 0.343 e. The van der Waals surface area contributed by atoms with E-state index in [-0.39, 0.29) is 17.6 Å². The van der Waals surface area contributed by atoms with Gasteiger partial charge in [-0.05, 0) is 19.9 Å². The van der Waals surface area contributed by atoms with E-state index in [1.807, 2.05) is 0 Å². The van der Waals surface area contributed by atoms with Crippen molar-refractivity contribution in [3.05, 3.63) is 45.2 Å². The van der Waals surface area contributed by atoms with Crippen molar-refractivity contribution < 1.29 is 9.53 Å². The summed E-state index contributed by atoms with van der Waals surface area (Å²) in [7, 11) is 0. The fourth-order valence-electron chi connectivity index (χ4n) is 1.44. The van der Waals surface area contributed by atoms with Gasteiger partial charge in [-0.2, -0.15) is 0 Å². The van der Waals surface area contributed by atoms with Crippen LogP contribution < -0.4 is 16.0 Å². The third-order valence-corrected chi connectivity index (χ3v) is 2.22. The zero-order valence-corrected chi connectivity index (χ0v) is 9.95. The van der Waals surface area contributed by atoms with Crippen molar-refractivity contribution in [2.45, 2.75) is 13.8 Å². The van der Waals surface area contributed by atoms with Crippen LogP contribution in [0, 0.1) is 0 Å². The summed E-state index contributed by atoms with van der Waals surface area (Å²) >= 11 is 0. The Labute approximate surface area is 98.9 Å². The number of aromatic amines is 1. The van der Waals surface area contributed by atoms with Crippen LogP contribution in [0.3, 0.4) is 0 Å². The Morgan fingerprint density at radius 1 is 1.59 bits per heavy atom. The average Bonchev–Trinajstić information content (AvgIpc) is 2.32.